The van der Waals surface area contributed by atoms with Gasteiger partial charge in [0.2, 0.25) is 0 Å². The van der Waals surface area contributed by atoms with Crippen LogP contribution in [0.3, 0.4) is 0 Å². The summed E-state index contributed by atoms with van der Waals surface area (Å²) < 4.78 is 5.30. The third-order valence-electron chi connectivity index (χ3n) is 1.13. The summed E-state index contributed by atoms with van der Waals surface area (Å²) in [5.41, 5.74) is 5.74. The fraction of sp³-hybridized carbons (Fsp3) is 1.00. The van der Waals surface area contributed by atoms with Gasteiger partial charge in [-0.25, -0.2) is 0 Å². The summed E-state index contributed by atoms with van der Waals surface area (Å²) in [6.07, 6.45) is 2.18. The standard InChI is InChI=1S/C6H16NOSi/c1-2-8-6(9)4-3-5-7/h6H,2-5,7,9H2,1H3. The van der Waals surface area contributed by atoms with E-state index in [1.165, 1.54) is 0 Å². The molecular formula is C6H16NOSi. The van der Waals surface area contributed by atoms with Crippen molar-refractivity contribution in [1.29, 1.82) is 0 Å². The SMILES string of the molecule is CCOC([SiH2])CCCN. The molecule has 2 nitrogen and oxygen atoms in total. The van der Waals surface area contributed by atoms with Gasteiger partial charge in [0.1, 0.15) is 0 Å². The molecule has 0 fully saturated rings. The van der Waals surface area contributed by atoms with E-state index in [4.69, 9.17) is 10.5 Å². The van der Waals surface area contributed by atoms with E-state index >= 15 is 0 Å². The zero-order chi connectivity index (χ0) is 7.11. The van der Waals surface area contributed by atoms with Crippen LogP contribution in [-0.2, 0) is 4.74 Å². The van der Waals surface area contributed by atoms with Gasteiger partial charge in [-0.2, -0.15) is 0 Å². The van der Waals surface area contributed by atoms with Crippen LogP contribution in [0.15, 0.2) is 0 Å². The minimum Gasteiger partial charge on any atom is -0.383 e. The minimum atomic E-state index is 0.415. The van der Waals surface area contributed by atoms with Gasteiger partial charge in [-0.05, 0) is 26.3 Å². The molecule has 0 heterocycles. The lowest BCUT2D eigenvalue weighted by Gasteiger charge is -2.09. The molecule has 0 aromatic rings. The van der Waals surface area contributed by atoms with E-state index in [-0.39, 0.29) is 0 Å². The van der Waals surface area contributed by atoms with E-state index < -0.39 is 0 Å². The van der Waals surface area contributed by atoms with Crippen molar-refractivity contribution >= 4 is 10.2 Å². The van der Waals surface area contributed by atoms with Gasteiger partial charge in [0.05, 0.1) is 0 Å². The quantitative estimate of drug-likeness (QED) is 0.542. The van der Waals surface area contributed by atoms with Gasteiger partial charge in [-0.3, -0.25) is 0 Å². The predicted molar refractivity (Wildman–Crippen MR) is 42.2 cm³/mol. The second kappa shape index (κ2) is 6.26. The first-order chi connectivity index (χ1) is 4.31. The molecule has 0 aromatic heterocycles. The van der Waals surface area contributed by atoms with Crippen LogP contribution < -0.4 is 5.73 Å². The molecule has 0 aliphatic carbocycles. The zero-order valence-electron chi connectivity index (χ0n) is 6.10. The first kappa shape index (κ1) is 9.14. The molecule has 0 amide bonds. The van der Waals surface area contributed by atoms with Crippen molar-refractivity contribution in [2.75, 3.05) is 13.2 Å². The van der Waals surface area contributed by atoms with Crippen LogP contribution in [-0.4, -0.2) is 29.1 Å². The lowest BCUT2D eigenvalue weighted by atomic mass is 10.3. The fourth-order valence-corrected chi connectivity index (χ4v) is 1.19. The summed E-state index contributed by atoms with van der Waals surface area (Å²) in [6.45, 7) is 3.62. The monoisotopic (exact) mass is 146 g/mol. The Labute approximate surface area is 60.2 Å². The number of nitrogens with two attached hydrogens (primary N) is 1. The molecular weight excluding hydrogens is 130 g/mol. The van der Waals surface area contributed by atoms with Crippen LogP contribution in [0, 0.1) is 0 Å². The Kier molecular flexibility index (Phi) is 6.35. The Bertz CT molecular complexity index is 61.0. The second-order valence-electron chi connectivity index (χ2n) is 2.01. The average Bonchev–Trinajstić information content (AvgIpc) is 1.85. The zero-order valence-corrected chi connectivity index (χ0v) is 7.51. The van der Waals surface area contributed by atoms with Crippen LogP contribution in [0.5, 0.6) is 0 Å². The van der Waals surface area contributed by atoms with Crippen molar-refractivity contribution in [2.24, 2.45) is 5.73 Å². The van der Waals surface area contributed by atoms with Crippen molar-refractivity contribution in [1.82, 2.24) is 0 Å². The summed E-state index contributed by atoms with van der Waals surface area (Å²) in [6, 6.07) is 0. The summed E-state index contributed by atoms with van der Waals surface area (Å²) in [4.78, 5) is 0. The minimum absolute atomic E-state index is 0.415. The molecule has 0 aliphatic heterocycles. The van der Waals surface area contributed by atoms with E-state index in [0.717, 1.165) is 26.0 Å². The van der Waals surface area contributed by atoms with E-state index in [1.807, 2.05) is 17.2 Å². The van der Waals surface area contributed by atoms with Gasteiger partial charge in [0.25, 0.3) is 0 Å². The summed E-state index contributed by atoms with van der Waals surface area (Å²) in [5, 5.41) is 0. The van der Waals surface area contributed by atoms with Crippen molar-refractivity contribution in [3.05, 3.63) is 0 Å². The largest absolute Gasteiger partial charge is 0.383 e. The van der Waals surface area contributed by atoms with Gasteiger partial charge < -0.3 is 10.5 Å². The van der Waals surface area contributed by atoms with Gasteiger partial charge in [-0.15, -0.1) is 0 Å². The van der Waals surface area contributed by atoms with E-state index in [9.17, 15) is 0 Å². The van der Waals surface area contributed by atoms with Gasteiger partial charge in [0, 0.05) is 22.6 Å². The lowest BCUT2D eigenvalue weighted by molar-refractivity contribution is 0.112. The van der Waals surface area contributed by atoms with E-state index in [0.29, 0.717) is 5.73 Å². The highest BCUT2D eigenvalue weighted by molar-refractivity contribution is 6.10. The Morgan fingerprint density at radius 3 is 2.78 bits per heavy atom. The van der Waals surface area contributed by atoms with Crippen molar-refractivity contribution in [3.8, 4) is 0 Å². The number of hydrogen-bond acceptors (Lipinski definition) is 2. The maximum Gasteiger partial charge on any atom is 0.0467 e. The van der Waals surface area contributed by atoms with Gasteiger partial charge in [-0.1, -0.05) is 0 Å². The molecule has 0 rings (SSSR count). The van der Waals surface area contributed by atoms with Crippen LogP contribution in [0.2, 0.25) is 0 Å². The van der Waals surface area contributed by atoms with E-state index in [2.05, 4.69) is 0 Å². The molecule has 1 unspecified atom stereocenters. The third kappa shape index (κ3) is 6.02. The summed E-state index contributed by atoms with van der Waals surface area (Å²) in [7, 11) is 1.89. The third-order valence-corrected chi connectivity index (χ3v) is 1.78. The molecule has 3 heteroatoms. The highest BCUT2D eigenvalue weighted by Crippen LogP contribution is 1.95. The van der Waals surface area contributed by atoms with Crippen LogP contribution in [0.25, 0.3) is 0 Å². The molecule has 1 radical (unpaired) electrons. The fourth-order valence-electron chi connectivity index (χ4n) is 0.665. The van der Waals surface area contributed by atoms with Crippen molar-refractivity contribution in [2.45, 2.75) is 25.5 Å². The molecule has 0 saturated heterocycles. The topological polar surface area (TPSA) is 35.2 Å². The first-order valence-corrected chi connectivity index (χ1v) is 4.27. The van der Waals surface area contributed by atoms with Gasteiger partial charge >= 0.3 is 0 Å². The first-order valence-electron chi connectivity index (χ1n) is 3.46. The predicted octanol–water partition coefficient (Wildman–Crippen LogP) is -0.279. The number of rotatable bonds is 5. The Morgan fingerprint density at radius 1 is 1.67 bits per heavy atom. The maximum absolute atomic E-state index is 5.32. The molecule has 0 aromatic carbocycles. The highest BCUT2D eigenvalue weighted by Gasteiger charge is 1.97. The summed E-state index contributed by atoms with van der Waals surface area (Å²) in [5.74, 6) is 0. The maximum atomic E-state index is 5.32. The molecule has 0 aliphatic rings. The average molecular weight is 146 g/mol. The van der Waals surface area contributed by atoms with E-state index in [1.54, 1.807) is 0 Å². The number of hydrogen-bond donors (Lipinski definition) is 1. The second-order valence-corrected chi connectivity index (χ2v) is 2.92. The molecule has 0 spiro atoms. The van der Waals surface area contributed by atoms with Gasteiger partial charge in [0.15, 0.2) is 0 Å². The summed E-state index contributed by atoms with van der Waals surface area (Å²) >= 11 is 0. The van der Waals surface area contributed by atoms with Crippen LogP contribution in [0.4, 0.5) is 0 Å². The van der Waals surface area contributed by atoms with Crippen LogP contribution in [0.1, 0.15) is 19.8 Å². The molecule has 0 bridgehead atoms. The lowest BCUT2D eigenvalue weighted by Crippen LogP contribution is -2.14. The number of ether oxygens (including phenoxy) is 1. The Balaban J connectivity index is 2.95. The molecule has 0 saturated carbocycles. The normalized spacial score (nSPS) is 13.7. The molecule has 9 heavy (non-hydrogen) atoms. The molecule has 1 atom stereocenters. The molecule has 55 valence electrons. The van der Waals surface area contributed by atoms with Crippen molar-refractivity contribution < 1.29 is 4.74 Å². The van der Waals surface area contributed by atoms with Crippen molar-refractivity contribution in [3.63, 3.8) is 0 Å². The van der Waals surface area contributed by atoms with Crippen LogP contribution >= 0.6 is 0 Å². The molecule has 2 N–H and O–H groups in total. The Morgan fingerprint density at radius 2 is 2.33 bits per heavy atom. The Hall–Kier alpha value is 0.137. The smallest absolute Gasteiger partial charge is 0.0467 e. The highest BCUT2D eigenvalue weighted by atomic mass is 28.1.